The summed E-state index contributed by atoms with van der Waals surface area (Å²) in [6, 6.07) is 132. The zero-order valence-electron chi connectivity index (χ0n) is 71.9. The second kappa shape index (κ2) is 38.8. The maximum Gasteiger partial charge on any atom is 0.0799 e. The molecule has 0 bridgehead atoms. The first-order valence-corrected chi connectivity index (χ1v) is 51.7. The van der Waals surface area contributed by atoms with Crippen molar-refractivity contribution in [2.24, 2.45) is 5.92 Å². The number of thiophene rings is 2. The van der Waals surface area contributed by atoms with Crippen molar-refractivity contribution in [3.8, 4) is 107 Å². The summed E-state index contributed by atoms with van der Waals surface area (Å²) in [5.74, 6) is 3.17. The molecule has 21 rings (SSSR count). The summed E-state index contributed by atoms with van der Waals surface area (Å²) in [6.07, 6.45) is 12.2. The van der Waals surface area contributed by atoms with Crippen LogP contribution in [0.25, 0.3) is 164 Å². The number of imidazole rings is 2. The Morgan fingerprint density at radius 3 is 1.32 bits per heavy atom. The standard InChI is InChI=1S/2C37H23N2S.C20H26NSi.C19H23N2Si.2Ir/c2*1-3-12-25(13-4-1)27-22-23-29-30-17-11-18-31(36(30)40-35(29)24-27)37-38-32-19-8-10-21-34(32)39(37)33-20-9-7-16-28(33)26-14-5-2-6-15-26;1-22(2,3)20-15-21-19(17-12-8-5-9-13-17)14-18(20)16-10-6-4-7-11-16;1-14(2)10-17-11-18(21-13-19(17)22(3,4)5)16-8-6-15(12-20)7-9-16;;/h2*1-17,19-24H;5,8-9,12,14-16H,4,6-7,10-11H2,1-3H3;6-8,11,13-14H,10H2,1-5H3;;/q4*-1;;. The summed E-state index contributed by atoms with van der Waals surface area (Å²) >= 11 is 3.64. The zero-order valence-corrected chi connectivity index (χ0v) is 80.3. The molecule has 0 unspecified atom stereocenters. The van der Waals surface area contributed by atoms with Crippen molar-refractivity contribution in [3.05, 3.63) is 387 Å². The molecule has 14 aromatic carbocycles. The Morgan fingerprint density at radius 1 is 0.413 bits per heavy atom. The molecule has 0 saturated heterocycles. The summed E-state index contributed by atoms with van der Waals surface area (Å²) in [5, 5.41) is 16.9. The fourth-order valence-electron chi connectivity index (χ4n) is 17.5. The maximum absolute atomic E-state index is 8.89. The third-order valence-electron chi connectivity index (χ3n) is 23.5. The molecule has 1 fully saturated rings. The van der Waals surface area contributed by atoms with E-state index in [0.29, 0.717) is 11.5 Å². The van der Waals surface area contributed by atoms with Crippen molar-refractivity contribution in [1.29, 1.82) is 5.26 Å². The zero-order chi connectivity index (χ0) is 84.8. The Balaban J connectivity index is 0.000000128. The Hall–Kier alpha value is -12.0. The molecule has 1 aliphatic carbocycles. The van der Waals surface area contributed by atoms with Crippen LogP contribution < -0.4 is 10.4 Å². The van der Waals surface area contributed by atoms with E-state index in [-0.39, 0.29) is 40.2 Å². The second-order valence-electron chi connectivity index (χ2n) is 34.5. The summed E-state index contributed by atoms with van der Waals surface area (Å²) in [6.45, 7) is 18.9. The van der Waals surface area contributed by atoms with E-state index in [9.17, 15) is 0 Å². The minimum Gasteiger partial charge on any atom is -0.333 e. The number of nitriles is 1. The molecule has 624 valence electrons. The minimum atomic E-state index is -1.40. The molecule has 6 aromatic heterocycles. The van der Waals surface area contributed by atoms with Crippen molar-refractivity contribution in [2.75, 3.05) is 0 Å². The molecule has 0 aliphatic heterocycles. The van der Waals surface area contributed by atoms with E-state index < -0.39 is 16.1 Å². The van der Waals surface area contributed by atoms with Gasteiger partial charge in [0.1, 0.15) is 0 Å². The van der Waals surface area contributed by atoms with Crippen molar-refractivity contribution in [2.45, 2.75) is 97.6 Å². The third-order valence-corrected chi connectivity index (χ3v) is 30.0. The Kier molecular flexibility index (Phi) is 27.0. The monoisotopic (exact) mass is 2060 g/mol. The van der Waals surface area contributed by atoms with Crippen LogP contribution >= 0.6 is 22.7 Å². The van der Waals surface area contributed by atoms with Gasteiger partial charge in [-0.05, 0) is 161 Å². The number of fused-ring (bicyclic) bond motifs is 8. The molecule has 0 N–H and O–H groups in total. The van der Waals surface area contributed by atoms with E-state index in [4.69, 9.17) is 20.2 Å². The van der Waals surface area contributed by atoms with E-state index in [1.807, 2.05) is 59.1 Å². The predicted molar refractivity (Wildman–Crippen MR) is 530 cm³/mol. The molecule has 1 saturated carbocycles. The second-order valence-corrected chi connectivity index (χ2v) is 46.7. The number of pyridine rings is 2. The number of rotatable bonds is 15. The SMILES string of the molecule is CC(C)Cc1cc(-c2[c-]cc(C#N)cc2)ncc1[Si](C)(C)C.C[Si](C)(C)c1cnc(-c2[c-]cccc2)cc1C1CCCCC1.[Ir].[Ir].[c-]1ccc2c(sc3cc(-c4ccccc4)ccc32)c1-c1nc2ccccc2n1-c1ccccc1-c1ccccc1.[c-]1ccc2c(sc3cc(-c4ccccc4)ccc32)c1-c1nc2ccccc2n1-c1ccccc1-c1ccccc1. The van der Waals surface area contributed by atoms with E-state index in [2.05, 4.69) is 401 Å². The molecular formula is C113H95Ir2N7S2Si2-4. The van der Waals surface area contributed by atoms with E-state index in [1.165, 1.54) is 128 Å². The molecule has 126 heavy (non-hydrogen) atoms. The first-order chi connectivity index (χ1) is 60.6. The molecule has 0 spiro atoms. The normalized spacial score (nSPS) is 12.2. The van der Waals surface area contributed by atoms with Crippen molar-refractivity contribution in [1.82, 2.24) is 29.1 Å². The van der Waals surface area contributed by atoms with E-state index in [0.717, 1.165) is 91.1 Å². The van der Waals surface area contributed by atoms with Crippen molar-refractivity contribution < 1.29 is 40.2 Å². The van der Waals surface area contributed by atoms with Crippen LogP contribution in [0.5, 0.6) is 0 Å². The Labute approximate surface area is 777 Å². The summed E-state index contributed by atoms with van der Waals surface area (Å²) in [5.41, 5.74) is 25.7. The van der Waals surface area contributed by atoms with Crippen molar-refractivity contribution in [3.63, 3.8) is 0 Å². The largest absolute Gasteiger partial charge is 0.333 e. The van der Waals surface area contributed by atoms with Gasteiger partial charge in [0.2, 0.25) is 0 Å². The van der Waals surface area contributed by atoms with Crippen LogP contribution in [0.2, 0.25) is 39.3 Å². The Morgan fingerprint density at radius 2 is 0.857 bits per heavy atom. The Bertz CT molecular complexity index is 6930. The first kappa shape index (κ1) is 87.5. The predicted octanol–water partition coefficient (Wildman–Crippen LogP) is 29.7. The quantitative estimate of drug-likeness (QED) is 0.0754. The van der Waals surface area contributed by atoms with E-state index >= 15 is 0 Å². The first-order valence-electron chi connectivity index (χ1n) is 43.1. The summed E-state index contributed by atoms with van der Waals surface area (Å²) < 4.78 is 9.56. The van der Waals surface area contributed by atoms with Crippen LogP contribution in [-0.2, 0) is 46.6 Å². The minimum absolute atomic E-state index is 0. The molecule has 0 atom stereocenters. The van der Waals surface area contributed by atoms with E-state index in [1.54, 1.807) is 16.8 Å². The summed E-state index contributed by atoms with van der Waals surface area (Å²) in [4.78, 5) is 19.9. The number of benzene rings is 14. The average Bonchev–Trinajstić information content (AvgIpc) is 1.59. The molecule has 7 nitrogen and oxygen atoms in total. The fourth-order valence-corrected chi connectivity index (χ4v) is 23.2. The number of para-hydroxylation sites is 6. The average molecular weight is 2060 g/mol. The fraction of sp³-hybridized carbons (Fsp3) is 0.142. The molecule has 13 heteroatoms. The van der Waals surface area contributed by atoms with Crippen LogP contribution in [0.4, 0.5) is 0 Å². The van der Waals surface area contributed by atoms with Gasteiger partial charge in [0, 0.05) is 90.6 Å². The van der Waals surface area contributed by atoms with Gasteiger partial charge in [-0.3, -0.25) is 9.97 Å². The van der Waals surface area contributed by atoms with Gasteiger partial charge in [0.15, 0.2) is 0 Å². The van der Waals surface area contributed by atoms with Crippen LogP contribution in [0, 0.1) is 41.5 Å². The van der Waals surface area contributed by atoms with Crippen LogP contribution in [-0.4, -0.2) is 45.2 Å². The molecule has 1 aliphatic rings. The molecule has 6 heterocycles. The van der Waals surface area contributed by atoms with Gasteiger partial charge >= 0.3 is 0 Å². The third kappa shape index (κ3) is 18.6. The van der Waals surface area contributed by atoms with Gasteiger partial charge in [-0.15, -0.1) is 102 Å². The topological polar surface area (TPSA) is 85.2 Å². The van der Waals surface area contributed by atoms with Gasteiger partial charge < -0.3 is 19.1 Å². The molecule has 2 radical (unpaired) electrons. The molecular weight excluding hydrogens is 1960 g/mol. The van der Waals surface area contributed by atoms with Crippen LogP contribution in [0.15, 0.2) is 346 Å². The van der Waals surface area contributed by atoms with Gasteiger partial charge in [0.25, 0.3) is 0 Å². The van der Waals surface area contributed by atoms with Gasteiger partial charge in [0.05, 0.1) is 49.9 Å². The van der Waals surface area contributed by atoms with Crippen molar-refractivity contribution >= 4 is 112 Å². The van der Waals surface area contributed by atoms with Gasteiger partial charge in [-0.1, -0.05) is 324 Å². The molecule has 20 aromatic rings. The van der Waals surface area contributed by atoms with Gasteiger partial charge in [-0.2, -0.15) is 22.7 Å². The van der Waals surface area contributed by atoms with Crippen LogP contribution in [0.1, 0.15) is 68.6 Å². The maximum atomic E-state index is 8.89. The number of aromatic nitrogens is 6. The number of nitrogens with zero attached hydrogens (tertiary/aromatic N) is 7. The number of hydrogen-bond acceptors (Lipinski definition) is 7. The summed E-state index contributed by atoms with van der Waals surface area (Å²) in [7, 11) is -2.76. The van der Waals surface area contributed by atoms with Crippen LogP contribution in [0.3, 0.4) is 0 Å². The smallest absolute Gasteiger partial charge is 0.0799 e. The molecule has 0 amide bonds. The number of hydrogen-bond donors (Lipinski definition) is 0. The van der Waals surface area contributed by atoms with Gasteiger partial charge in [-0.25, -0.2) is 5.26 Å².